The van der Waals surface area contributed by atoms with Gasteiger partial charge in [0.15, 0.2) is 11.6 Å². The molecule has 106 valence electrons. The Morgan fingerprint density at radius 2 is 1.95 bits per heavy atom. The normalized spacial score (nSPS) is 9.67. The van der Waals surface area contributed by atoms with Crippen molar-refractivity contribution in [3.63, 3.8) is 0 Å². The van der Waals surface area contributed by atoms with Gasteiger partial charge in [-0.15, -0.1) is 0 Å². The zero-order valence-corrected chi connectivity index (χ0v) is 11.5. The minimum Gasteiger partial charge on any atom is -0.341 e. The van der Waals surface area contributed by atoms with Gasteiger partial charge in [0.2, 0.25) is 0 Å². The monoisotopic (exact) mass is 305 g/mol. The van der Waals surface area contributed by atoms with Crippen molar-refractivity contribution >= 4 is 17.5 Å². The summed E-state index contributed by atoms with van der Waals surface area (Å²) in [5.74, 6) is 3.00. The second kappa shape index (κ2) is 6.87. The first-order valence-corrected chi connectivity index (χ1v) is 6.42. The Balaban J connectivity index is 1.94. The predicted octanol–water partition coefficient (Wildman–Crippen LogP) is 3.40. The van der Waals surface area contributed by atoms with E-state index in [0.29, 0.717) is 5.02 Å². The van der Waals surface area contributed by atoms with Gasteiger partial charge in [0, 0.05) is 16.1 Å². The number of hydrogen-bond acceptors (Lipinski definition) is 1. The number of halogens is 3. The van der Waals surface area contributed by atoms with Crippen molar-refractivity contribution in [3.05, 3.63) is 70.2 Å². The van der Waals surface area contributed by atoms with Crippen LogP contribution in [0.25, 0.3) is 0 Å². The number of benzene rings is 2. The van der Waals surface area contributed by atoms with Crippen LogP contribution in [0, 0.1) is 23.5 Å². The third kappa shape index (κ3) is 4.30. The summed E-state index contributed by atoms with van der Waals surface area (Å²) in [6.07, 6.45) is 0. The van der Waals surface area contributed by atoms with E-state index in [9.17, 15) is 13.6 Å². The highest BCUT2D eigenvalue weighted by atomic mass is 35.5. The highest BCUT2D eigenvalue weighted by Gasteiger charge is 2.08. The molecule has 1 amide bonds. The van der Waals surface area contributed by atoms with E-state index in [1.54, 1.807) is 24.3 Å². The van der Waals surface area contributed by atoms with E-state index in [2.05, 4.69) is 17.2 Å². The van der Waals surface area contributed by atoms with Crippen LogP contribution in [0.5, 0.6) is 0 Å². The van der Waals surface area contributed by atoms with Crippen molar-refractivity contribution in [1.29, 1.82) is 0 Å². The van der Waals surface area contributed by atoms with E-state index in [0.717, 1.165) is 17.7 Å². The van der Waals surface area contributed by atoms with Crippen molar-refractivity contribution in [2.75, 3.05) is 6.54 Å². The molecule has 2 nitrogen and oxygen atoms in total. The van der Waals surface area contributed by atoms with Crippen LogP contribution in [0.3, 0.4) is 0 Å². The lowest BCUT2D eigenvalue weighted by Crippen LogP contribution is -2.23. The first-order chi connectivity index (χ1) is 10.1. The van der Waals surface area contributed by atoms with E-state index in [1.165, 1.54) is 6.07 Å². The summed E-state index contributed by atoms with van der Waals surface area (Å²) in [7, 11) is 0. The number of carbonyl (C=O) groups is 1. The van der Waals surface area contributed by atoms with Crippen LogP contribution in [0.2, 0.25) is 5.02 Å². The fraction of sp³-hybridized carbons (Fsp3) is 0.0625. The quantitative estimate of drug-likeness (QED) is 0.847. The summed E-state index contributed by atoms with van der Waals surface area (Å²) >= 11 is 5.81. The zero-order valence-electron chi connectivity index (χ0n) is 10.8. The number of amides is 1. The maximum absolute atomic E-state index is 13.0. The van der Waals surface area contributed by atoms with E-state index in [4.69, 9.17) is 11.6 Å². The average Bonchev–Trinajstić information content (AvgIpc) is 2.46. The van der Waals surface area contributed by atoms with Crippen LogP contribution < -0.4 is 5.32 Å². The third-order valence-corrected chi connectivity index (χ3v) is 2.81. The van der Waals surface area contributed by atoms with Gasteiger partial charge in [-0.05, 0) is 36.4 Å². The Morgan fingerprint density at radius 3 is 2.67 bits per heavy atom. The van der Waals surface area contributed by atoms with Crippen LogP contribution in [-0.4, -0.2) is 12.5 Å². The summed E-state index contributed by atoms with van der Waals surface area (Å²) in [6, 6.07) is 9.95. The molecule has 21 heavy (non-hydrogen) atoms. The van der Waals surface area contributed by atoms with E-state index in [1.807, 2.05) is 0 Å². The lowest BCUT2D eigenvalue weighted by Gasteiger charge is -2.01. The number of carbonyl (C=O) groups excluding carboxylic acids is 1. The maximum atomic E-state index is 13.0. The fourth-order valence-corrected chi connectivity index (χ4v) is 1.77. The summed E-state index contributed by atoms with van der Waals surface area (Å²) in [6.45, 7) is 0.0876. The molecule has 0 saturated heterocycles. The Kier molecular flexibility index (Phi) is 4.91. The van der Waals surface area contributed by atoms with Crippen molar-refractivity contribution in [3.8, 4) is 11.8 Å². The number of rotatable bonds is 2. The molecule has 0 spiro atoms. The average molecular weight is 306 g/mol. The van der Waals surface area contributed by atoms with Crippen LogP contribution in [0.4, 0.5) is 8.78 Å². The summed E-state index contributed by atoms with van der Waals surface area (Å²) in [5, 5.41) is 3.07. The molecule has 2 aromatic rings. The molecule has 0 aliphatic carbocycles. The van der Waals surface area contributed by atoms with Crippen LogP contribution in [-0.2, 0) is 0 Å². The Morgan fingerprint density at radius 1 is 1.14 bits per heavy atom. The van der Waals surface area contributed by atoms with Crippen molar-refractivity contribution < 1.29 is 13.6 Å². The molecule has 2 rings (SSSR count). The molecule has 0 aliphatic heterocycles. The molecular weight excluding hydrogens is 296 g/mol. The van der Waals surface area contributed by atoms with Crippen molar-refractivity contribution in [1.82, 2.24) is 5.32 Å². The molecule has 0 atom stereocenters. The molecule has 5 heteroatoms. The zero-order chi connectivity index (χ0) is 15.2. The van der Waals surface area contributed by atoms with Gasteiger partial charge in [-0.3, -0.25) is 4.79 Å². The second-order valence-electron chi connectivity index (χ2n) is 4.12. The van der Waals surface area contributed by atoms with Gasteiger partial charge in [0.05, 0.1) is 6.54 Å². The maximum Gasteiger partial charge on any atom is 0.252 e. The van der Waals surface area contributed by atoms with Crippen molar-refractivity contribution in [2.45, 2.75) is 0 Å². The lowest BCUT2D eigenvalue weighted by molar-refractivity contribution is 0.0958. The molecule has 0 saturated carbocycles. The molecule has 0 fully saturated rings. The minimum absolute atomic E-state index is 0.0402. The van der Waals surface area contributed by atoms with Crippen LogP contribution >= 0.6 is 11.6 Å². The summed E-state index contributed by atoms with van der Waals surface area (Å²) in [4.78, 5) is 11.7. The predicted molar refractivity (Wildman–Crippen MR) is 77.0 cm³/mol. The third-order valence-electron chi connectivity index (χ3n) is 2.58. The topological polar surface area (TPSA) is 29.1 Å². The van der Waals surface area contributed by atoms with Gasteiger partial charge in [-0.1, -0.05) is 29.5 Å². The standard InChI is InChI=1S/C16H10ClF2NO/c17-13-5-1-3-11(9-13)4-2-8-20-16(21)12-6-7-14(18)15(19)10-12/h1,3,5-7,9-10H,8H2,(H,20,21). The highest BCUT2D eigenvalue weighted by molar-refractivity contribution is 6.30. The van der Waals surface area contributed by atoms with Crippen LogP contribution in [0.15, 0.2) is 42.5 Å². The van der Waals surface area contributed by atoms with E-state index >= 15 is 0 Å². The van der Waals surface area contributed by atoms with Gasteiger partial charge in [0.1, 0.15) is 0 Å². The smallest absolute Gasteiger partial charge is 0.252 e. The molecular formula is C16H10ClF2NO. The number of hydrogen-bond donors (Lipinski definition) is 1. The fourth-order valence-electron chi connectivity index (χ4n) is 1.58. The second-order valence-corrected chi connectivity index (χ2v) is 4.56. The first kappa shape index (κ1) is 15.0. The summed E-state index contributed by atoms with van der Waals surface area (Å²) in [5.41, 5.74) is 0.767. The van der Waals surface area contributed by atoms with Gasteiger partial charge in [-0.2, -0.15) is 0 Å². The molecule has 0 aromatic heterocycles. The van der Waals surface area contributed by atoms with Crippen molar-refractivity contribution in [2.24, 2.45) is 0 Å². The Bertz CT molecular complexity index is 735. The van der Waals surface area contributed by atoms with Gasteiger partial charge in [-0.25, -0.2) is 8.78 Å². The molecule has 2 aromatic carbocycles. The van der Waals surface area contributed by atoms with E-state index < -0.39 is 17.5 Å². The highest BCUT2D eigenvalue weighted by Crippen LogP contribution is 2.09. The Hall–Kier alpha value is -2.38. The first-order valence-electron chi connectivity index (χ1n) is 6.04. The lowest BCUT2D eigenvalue weighted by atomic mass is 10.2. The molecule has 0 bridgehead atoms. The van der Waals surface area contributed by atoms with Gasteiger partial charge in [0.25, 0.3) is 5.91 Å². The molecule has 0 aliphatic rings. The minimum atomic E-state index is -1.06. The summed E-state index contributed by atoms with van der Waals surface area (Å²) < 4.78 is 25.7. The van der Waals surface area contributed by atoms with Gasteiger partial charge >= 0.3 is 0 Å². The SMILES string of the molecule is O=C(NCC#Cc1cccc(Cl)c1)c1ccc(F)c(F)c1. The molecule has 0 heterocycles. The van der Waals surface area contributed by atoms with E-state index in [-0.39, 0.29) is 12.1 Å². The largest absolute Gasteiger partial charge is 0.341 e. The van der Waals surface area contributed by atoms with Crippen LogP contribution in [0.1, 0.15) is 15.9 Å². The molecule has 0 radical (unpaired) electrons. The molecule has 1 N–H and O–H groups in total. The Labute approximate surface area is 125 Å². The van der Waals surface area contributed by atoms with Gasteiger partial charge < -0.3 is 5.32 Å². The number of nitrogens with one attached hydrogen (secondary N) is 1. The molecule has 0 unspecified atom stereocenters.